The van der Waals surface area contributed by atoms with Gasteiger partial charge in [0.2, 0.25) is 5.95 Å². The number of para-hydroxylation sites is 1. The predicted octanol–water partition coefficient (Wildman–Crippen LogP) is 3.58. The molecule has 0 saturated carbocycles. The number of rotatable bonds is 5. The molecular weight excluding hydrogens is 378 g/mol. The SMILES string of the molecule is Cc1nc(N2CCN(C)CC2)ncc1C(=O)Nc1ccc(Oc2ccccc2)cc1. The van der Waals surface area contributed by atoms with Gasteiger partial charge in [-0.25, -0.2) is 9.97 Å². The highest BCUT2D eigenvalue weighted by molar-refractivity contribution is 6.04. The first kappa shape index (κ1) is 19.8. The molecule has 7 nitrogen and oxygen atoms in total. The van der Waals surface area contributed by atoms with Gasteiger partial charge in [0.15, 0.2) is 0 Å². The summed E-state index contributed by atoms with van der Waals surface area (Å²) in [7, 11) is 2.11. The van der Waals surface area contributed by atoms with Gasteiger partial charge in [0.05, 0.1) is 11.3 Å². The number of aromatic nitrogens is 2. The van der Waals surface area contributed by atoms with Crippen molar-refractivity contribution in [2.24, 2.45) is 0 Å². The van der Waals surface area contributed by atoms with Gasteiger partial charge in [0.25, 0.3) is 5.91 Å². The van der Waals surface area contributed by atoms with E-state index in [0.29, 0.717) is 28.6 Å². The number of nitrogens with one attached hydrogen (secondary N) is 1. The van der Waals surface area contributed by atoms with E-state index in [4.69, 9.17) is 4.74 Å². The Morgan fingerprint density at radius 3 is 2.30 bits per heavy atom. The van der Waals surface area contributed by atoms with Crippen LogP contribution in [0.15, 0.2) is 60.8 Å². The van der Waals surface area contributed by atoms with Crippen LogP contribution in [0, 0.1) is 6.92 Å². The normalized spacial score (nSPS) is 14.4. The third-order valence-electron chi connectivity index (χ3n) is 5.09. The molecule has 7 heteroatoms. The molecule has 0 spiro atoms. The molecule has 0 radical (unpaired) electrons. The number of piperazine rings is 1. The number of likely N-dealkylation sites (N-methyl/N-ethyl adjacent to an activating group) is 1. The summed E-state index contributed by atoms with van der Waals surface area (Å²) in [6.07, 6.45) is 1.61. The number of amides is 1. The first-order valence-electron chi connectivity index (χ1n) is 10.00. The van der Waals surface area contributed by atoms with Crippen molar-refractivity contribution in [1.82, 2.24) is 14.9 Å². The van der Waals surface area contributed by atoms with Gasteiger partial charge in [-0.3, -0.25) is 4.79 Å². The van der Waals surface area contributed by atoms with Crippen LogP contribution in [-0.2, 0) is 0 Å². The Morgan fingerprint density at radius 1 is 0.967 bits per heavy atom. The third-order valence-corrected chi connectivity index (χ3v) is 5.09. The molecule has 1 aliphatic heterocycles. The lowest BCUT2D eigenvalue weighted by molar-refractivity contribution is 0.102. The Balaban J connectivity index is 1.39. The molecule has 0 aliphatic carbocycles. The van der Waals surface area contributed by atoms with Gasteiger partial charge < -0.3 is 19.9 Å². The van der Waals surface area contributed by atoms with E-state index in [1.54, 1.807) is 6.20 Å². The highest BCUT2D eigenvalue weighted by atomic mass is 16.5. The first-order valence-corrected chi connectivity index (χ1v) is 10.00. The lowest BCUT2D eigenvalue weighted by Crippen LogP contribution is -2.45. The smallest absolute Gasteiger partial charge is 0.259 e. The van der Waals surface area contributed by atoms with Crippen molar-refractivity contribution in [1.29, 1.82) is 0 Å². The van der Waals surface area contributed by atoms with Crippen LogP contribution < -0.4 is 15.0 Å². The van der Waals surface area contributed by atoms with Crippen LogP contribution in [0.5, 0.6) is 11.5 Å². The summed E-state index contributed by atoms with van der Waals surface area (Å²) in [5, 5.41) is 2.90. The van der Waals surface area contributed by atoms with E-state index in [2.05, 4.69) is 32.1 Å². The molecule has 1 aromatic heterocycles. The standard InChI is InChI=1S/C23H25N5O2/c1-17-21(16-24-23(25-17)28-14-12-27(2)13-15-28)22(29)26-18-8-10-20(11-9-18)30-19-6-4-3-5-7-19/h3-11,16H,12-15H2,1-2H3,(H,26,29). The number of aryl methyl sites for hydroxylation is 1. The molecule has 0 unspecified atom stereocenters. The Morgan fingerprint density at radius 2 is 1.63 bits per heavy atom. The minimum atomic E-state index is -0.228. The monoisotopic (exact) mass is 403 g/mol. The van der Waals surface area contributed by atoms with Gasteiger partial charge in [0, 0.05) is 38.1 Å². The first-order chi connectivity index (χ1) is 14.6. The van der Waals surface area contributed by atoms with E-state index in [9.17, 15) is 4.79 Å². The molecule has 0 atom stereocenters. The maximum absolute atomic E-state index is 12.7. The van der Waals surface area contributed by atoms with E-state index in [1.807, 2.05) is 61.5 Å². The molecule has 4 rings (SSSR count). The summed E-state index contributed by atoms with van der Waals surface area (Å²) in [5.74, 6) is 1.92. The van der Waals surface area contributed by atoms with Crippen LogP contribution in [0.1, 0.15) is 16.1 Å². The Kier molecular flexibility index (Phi) is 5.90. The Hall–Kier alpha value is -3.45. The minimum absolute atomic E-state index is 0.228. The van der Waals surface area contributed by atoms with Crippen molar-refractivity contribution in [2.75, 3.05) is 43.4 Å². The summed E-state index contributed by atoms with van der Waals surface area (Å²) < 4.78 is 5.78. The van der Waals surface area contributed by atoms with Gasteiger partial charge in [-0.15, -0.1) is 0 Å². The van der Waals surface area contributed by atoms with E-state index >= 15 is 0 Å². The number of hydrogen-bond donors (Lipinski definition) is 1. The van der Waals surface area contributed by atoms with Crippen molar-refractivity contribution in [3.8, 4) is 11.5 Å². The zero-order chi connectivity index (χ0) is 20.9. The van der Waals surface area contributed by atoms with Crippen LogP contribution >= 0.6 is 0 Å². The highest BCUT2D eigenvalue weighted by Gasteiger charge is 2.19. The largest absolute Gasteiger partial charge is 0.457 e. The van der Waals surface area contributed by atoms with Gasteiger partial charge in [0.1, 0.15) is 11.5 Å². The number of nitrogens with zero attached hydrogens (tertiary/aromatic N) is 4. The molecular formula is C23H25N5O2. The van der Waals surface area contributed by atoms with Crippen molar-refractivity contribution in [3.63, 3.8) is 0 Å². The van der Waals surface area contributed by atoms with Gasteiger partial charge in [-0.05, 0) is 50.4 Å². The van der Waals surface area contributed by atoms with E-state index in [0.717, 1.165) is 31.9 Å². The van der Waals surface area contributed by atoms with Crippen molar-refractivity contribution < 1.29 is 9.53 Å². The van der Waals surface area contributed by atoms with Crippen molar-refractivity contribution in [2.45, 2.75) is 6.92 Å². The lowest BCUT2D eigenvalue weighted by Gasteiger charge is -2.32. The molecule has 1 fully saturated rings. The Labute approximate surface area is 176 Å². The number of hydrogen-bond acceptors (Lipinski definition) is 6. The summed E-state index contributed by atoms with van der Waals surface area (Å²) in [4.78, 5) is 26.1. The average molecular weight is 403 g/mol. The number of carbonyl (C=O) groups is 1. The molecule has 1 saturated heterocycles. The van der Waals surface area contributed by atoms with Crippen LogP contribution in [-0.4, -0.2) is 54.0 Å². The van der Waals surface area contributed by atoms with Crippen LogP contribution in [0.4, 0.5) is 11.6 Å². The number of carbonyl (C=O) groups excluding carboxylic acids is 1. The predicted molar refractivity (Wildman–Crippen MR) is 117 cm³/mol. The molecule has 2 heterocycles. The molecule has 154 valence electrons. The second-order valence-corrected chi connectivity index (χ2v) is 7.35. The van der Waals surface area contributed by atoms with Crippen LogP contribution in [0.25, 0.3) is 0 Å². The third kappa shape index (κ3) is 4.75. The average Bonchev–Trinajstić information content (AvgIpc) is 2.76. The van der Waals surface area contributed by atoms with E-state index in [-0.39, 0.29) is 5.91 Å². The molecule has 1 amide bonds. The Bertz CT molecular complexity index is 1000. The molecule has 3 aromatic rings. The van der Waals surface area contributed by atoms with Gasteiger partial charge in [-0.1, -0.05) is 18.2 Å². The van der Waals surface area contributed by atoms with Gasteiger partial charge >= 0.3 is 0 Å². The maximum atomic E-state index is 12.7. The van der Waals surface area contributed by atoms with E-state index < -0.39 is 0 Å². The molecule has 0 bridgehead atoms. The molecule has 1 aliphatic rings. The van der Waals surface area contributed by atoms with Gasteiger partial charge in [-0.2, -0.15) is 0 Å². The maximum Gasteiger partial charge on any atom is 0.259 e. The minimum Gasteiger partial charge on any atom is -0.457 e. The second kappa shape index (κ2) is 8.92. The fourth-order valence-electron chi connectivity index (χ4n) is 3.27. The number of anilines is 2. The summed E-state index contributed by atoms with van der Waals surface area (Å²) in [6.45, 7) is 5.58. The summed E-state index contributed by atoms with van der Waals surface area (Å²) >= 11 is 0. The fourth-order valence-corrected chi connectivity index (χ4v) is 3.27. The second-order valence-electron chi connectivity index (χ2n) is 7.35. The highest BCUT2D eigenvalue weighted by Crippen LogP contribution is 2.23. The summed E-state index contributed by atoms with van der Waals surface area (Å²) in [6, 6.07) is 16.8. The number of benzene rings is 2. The zero-order valence-corrected chi connectivity index (χ0v) is 17.2. The summed E-state index contributed by atoms with van der Waals surface area (Å²) in [5.41, 5.74) is 1.82. The lowest BCUT2D eigenvalue weighted by atomic mass is 10.2. The molecule has 30 heavy (non-hydrogen) atoms. The van der Waals surface area contributed by atoms with Crippen LogP contribution in [0.3, 0.4) is 0 Å². The molecule has 1 N–H and O–H groups in total. The van der Waals surface area contributed by atoms with E-state index in [1.165, 1.54) is 0 Å². The quantitative estimate of drug-likeness (QED) is 0.702. The van der Waals surface area contributed by atoms with Crippen molar-refractivity contribution in [3.05, 3.63) is 72.1 Å². The molecule has 2 aromatic carbocycles. The van der Waals surface area contributed by atoms with Crippen molar-refractivity contribution >= 4 is 17.5 Å². The zero-order valence-electron chi connectivity index (χ0n) is 17.2. The topological polar surface area (TPSA) is 70.6 Å². The fraction of sp³-hybridized carbons (Fsp3) is 0.261. The van der Waals surface area contributed by atoms with Crippen LogP contribution in [0.2, 0.25) is 0 Å². The number of ether oxygens (including phenoxy) is 1.